The summed E-state index contributed by atoms with van der Waals surface area (Å²) in [6.07, 6.45) is 2.47. The summed E-state index contributed by atoms with van der Waals surface area (Å²) in [4.78, 5) is 26.9. The minimum atomic E-state index is -3.58. The van der Waals surface area contributed by atoms with Gasteiger partial charge in [-0.2, -0.15) is 0 Å². The van der Waals surface area contributed by atoms with E-state index < -0.39 is 10.0 Å². The van der Waals surface area contributed by atoms with Crippen LogP contribution in [0.15, 0.2) is 47.5 Å². The molecule has 0 spiro atoms. The predicted molar refractivity (Wildman–Crippen MR) is 122 cm³/mol. The summed E-state index contributed by atoms with van der Waals surface area (Å²) in [5.41, 5.74) is 1.37. The van der Waals surface area contributed by atoms with Crippen molar-refractivity contribution in [3.63, 3.8) is 0 Å². The predicted octanol–water partition coefficient (Wildman–Crippen LogP) is 2.73. The van der Waals surface area contributed by atoms with E-state index in [0.717, 1.165) is 15.5 Å². The van der Waals surface area contributed by atoms with Gasteiger partial charge in [0.1, 0.15) is 10.3 Å². The van der Waals surface area contributed by atoms with Crippen molar-refractivity contribution in [2.24, 2.45) is 0 Å². The number of hydrogen-bond acceptors (Lipinski definition) is 7. The molecule has 1 aromatic carbocycles. The fraction of sp³-hybridized carbons (Fsp3) is 0.381. The molecular weight excluding hydrogens is 434 g/mol. The van der Waals surface area contributed by atoms with E-state index in [1.165, 1.54) is 12.1 Å². The summed E-state index contributed by atoms with van der Waals surface area (Å²) in [5.74, 6) is -0.0931. The molecule has 1 atom stereocenters. The van der Waals surface area contributed by atoms with Crippen LogP contribution in [0.25, 0.3) is 10.3 Å². The molecule has 1 saturated heterocycles. The Labute approximate surface area is 186 Å². The number of fused-ring (bicyclic) bond motifs is 1. The minimum Gasteiger partial charge on any atom is -0.344 e. The van der Waals surface area contributed by atoms with Gasteiger partial charge in [0.05, 0.1) is 4.90 Å². The molecule has 1 N–H and O–H groups in total. The highest BCUT2D eigenvalue weighted by molar-refractivity contribution is 7.89. The zero-order chi connectivity index (χ0) is 22.0. The van der Waals surface area contributed by atoms with Gasteiger partial charge in [-0.25, -0.2) is 23.1 Å². The maximum atomic E-state index is 12.9. The number of aromatic nitrogens is 2. The molecule has 1 fully saturated rings. The van der Waals surface area contributed by atoms with E-state index >= 15 is 0 Å². The first-order chi connectivity index (χ1) is 14.9. The molecule has 3 heterocycles. The highest BCUT2D eigenvalue weighted by Crippen LogP contribution is 2.27. The van der Waals surface area contributed by atoms with Crippen molar-refractivity contribution < 1.29 is 13.2 Å². The first kappa shape index (κ1) is 21.7. The van der Waals surface area contributed by atoms with E-state index in [2.05, 4.69) is 19.6 Å². The Hall–Kier alpha value is -2.56. The van der Waals surface area contributed by atoms with E-state index in [-0.39, 0.29) is 16.8 Å². The summed E-state index contributed by atoms with van der Waals surface area (Å²) < 4.78 is 27.4. The van der Waals surface area contributed by atoms with E-state index in [1.54, 1.807) is 34.6 Å². The van der Waals surface area contributed by atoms with Gasteiger partial charge in [-0.15, -0.1) is 0 Å². The maximum Gasteiger partial charge on any atom is 0.253 e. The van der Waals surface area contributed by atoms with Crippen LogP contribution in [-0.2, 0) is 10.0 Å². The van der Waals surface area contributed by atoms with Crippen LogP contribution in [0.3, 0.4) is 0 Å². The van der Waals surface area contributed by atoms with Gasteiger partial charge in [0.25, 0.3) is 5.91 Å². The third-order valence-electron chi connectivity index (χ3n) is 5.37. The molecular formula is C21H25N5O3S2. The number of thiazole rings is 1. The normalized spacial score (nSPS) is 15.9. The zero-order valence-corrected chi connectivity index (χ0v) is 19.1. The number of benzene rings is 1. The molecule has 0 bridgehead atoms. The van der Waals surface area contributed by atoms with Crippen LogP contribution in [0.5, 0.6) is 0 Å². The van der Waals surface area contributed by atoms with E-state index in [4.69, 9.17) is 0 Å². The van der Waals surface area contributed by atoms with Crippen molar-refractivity contribution in [3.05, 3.63) is 48.2 Å². The van der Waals surface area contributed by atoms with Gasteiger partial charge in [0, 0.05) is 44.0 Å². The highest BCUT2D eigenvalue weighted by Gasteiger charge is 2.25. The van der Waals surface area contributed by atoms with Gasteiger partial charge >= 0.3 is 0 Å². The van der Waals surface area contributed by atoms with Gasteiger partial charge in [-0.3, -0.25) is 4.79 Å². The number of rotatable bonds is 6. The Balaban J connectivity index is 1.39. The molecule has 164 valence electrons. The van der Waals surface area contributed by atoms with Crippen molar-refractivity contribution in [1.82, 2.24) is 19.6 Å². The van der Waals surface area contributed by atoms with Crippen LogP contribution < -0.4 is 9.62 Å². The number of amides is 1. The van der Waals surface area contributed by atoms with Crippen molar-refractivity contribution in [3.8, 4) is 0 Å². The maximum absolute atomic E-state index is 12.9. The van der Waals surface area contributed by atoms with Crippen molar-refractivity contribution >= 4 is 42.7 Å². The van der Waals surface area contributed by atoms with E-state index in [1.807, 2.05) is 26.0 Å². The fourth-order valence-corrected chi connectivity index (χ4v) is 5.66. The van der Waals surface area contributed by atoms with Gasteiger partial charge in [0.15, 0.2) is 5.13 Å². The van der Waals surface area contributed by atoms with Crippen LogP contribution in [0.4, 0.5) is 5.13 Å². The number of carbonyl (C=O) groups is 1. The quantitative estimate of drug-likeness (QED) is 0.609. The van der Waals surface area contributed by atoms with Crippen LogP contribution in [0.1, 0.15) is 30.6 Å². The Morgan fingerprint density at radius 3 is 2.52 bits per heavy atom. The smallest absolute Gasteiger partial charge is 0.253 e. The molecule has 10 heteroatoms. The van der Waals surface area contributed by atoms with Gasteiger partial charge in [0.2, 0.25) is 10.0 Å². The zero-order valence-electron chi connectivity index (χ0n) is 17.5. The average molecular weight is 460 g/mol. The number of anilines is 1. The fourth-order valence-electron chi connectivity index (χ4n) is 3.37. The summed E-state index contributed by atoms with van der Waals surface area (Å²) in [6.45, 7) is 6.28. The van der Waals surface area contributed by atoms with Crippen molar-refractivity contribution in [1.29, 1.82) is 0 Å². The molecule has 0 radical (unpaired) electrons. The standard InChI is InChI=1S/C21H25N5O3S2/c1-3-15(2)24-31(28,29)17-8-6-16(7-9-17)20(27)25-11-13-26(14-12-25)21-23-18-5-4-10-22-19(18)30-21/h4-10,15,24H,3,11-14H2,1-2H3. The Kier molecular flexibility index (Phi) is 6.22. The number of sulfonamides is 1. The second kappa shape index (κ2) is 8.89. The van der Waals surface area contributed by atoms with Crippen LogP contribution in [0.2, 0.25) is 0 Å². The minimum absolute atomic E-state index is 0.0931. The second-order valence-corrected chi connectivity index (χ2v) is 10.2. The largest absolute Gasteiger partial charge is 0.344 e. The summed E-state index contributed by atoms with van der Waals surface area (Å²) in [6, 6.07) is 9.82. The van der Waals surface area contributed by atoms with E-state index in [0.29, 0.717) is 38.2 Å². The Morgan fingerprint density at radius 1 is 1.16 bits per heavy atom. The first-order valence-electron chi connectivity index (χ1n) is 10.3. The number of piperazine rings is 1. The van der Waals surface area contributed by atoms with Crippen LogP contribution >= 0.6 is 11.3 Å². The Morgan fingerprint density at radius 2 is 1.87 bits per heavy atom. The van der Waals surface area contributed by atoms with Gasteiger partial charge in [-0.05, 0) is 49.7 Å². The Bertz CT molecular complexity index is 1140. The number of pyridine rings is 1. The lowest BCUT2D eigenvalue weighted by Crippen LogP contribution is -2.48. The summed E-state index contributed by atoms with van der Waals surface area (Å²) >= 11 is 1.56. The second-order valence-electron chi connectivity index (χ2n) is 7.56. The highest BCUT2D eigenvalue weighted by atomic mass is 32.2. The van der Waals surface area contributed by atoms with Crippen molar-refractivity contribution in [2.45, 2.75) is 31.2 Å². The monoisotopic (exact) mass is 459 g/mol. The number of hydrogen-bond donors (Lipinski definition) is 1. The topological polar surface area (TPSA) is 95.5 Å². The molecule has 1 amide bonds. The molecule has 1 aliphatic rings. The molecule has 3 aromatic rings. The molecule has 0 saturated carbocycles. The number of nitrogens with zero attached hydrogens (tertiary/aromatic N) is 4. The lowest BCUT2D eigenvalue weighted by atomic mass is 10.2. The third kappa shape index (κ3) is 4.70. The van der Waals surface area contributed by atoms with Gasteiger partial charge < -0.3 is 9.80 Å². The third-order valence-corrected chi connectivity index (χ3v) is 8.02. The van der Waals surface area contributed by atoms with Crippen molar-refractivity contribution in [2.75, 3.05) is 31.1 Å². The van der Waals surface area contributed by atoms with Crippen LogP contribution in [-0.4, -0.2) is 61.4 Å². The SMILES string of the molecule is CCC(C)NS(=O)(=O)c1ccc(C(=O)N2CCN(c3nc4cccnc4s3)CC2)cc1. The molecule has 0 aliphatic carbocycles. The molecule has 1 unspecified atom stereocenters. The number of carbonyl (C=O) groups excluding carboxylic acids is 1. The lowest BCUT2D eigenvalue weighted by molar-refractivity contribution is 0.0746. The average Bonchev–Trinajstić information content (AvgIpc) is 3.23. The van der Waals surface area contributed by atoms with E-state index in [9.17, 15) is 13.2 Å². The summed E-state index contributed by atoms with van der Waals surface area (Å²) in [7, 11) is -3.58. The first-order valence-corrected chi connectivity index (χ1v) is 12.6. The molecule has 2 aromatic heterocycles. The van der Waals surface area contributed by atoms with Gasteiger partial charge in [-0.1, -0.05) is 18.3 Å². The summed E-state index contributed by atoms with van der Waals surface area (Å²) in [5, 5.41) is 0.921. The van der Waals surface area contributed by atoms with Crippen LogP contribution in [0, 0.1) is 0 Å². The molecule has 8 nitrogen and oxygen atoms in total. The number of nitrogens with one attached hydrogen (secondary N) is 1. The molecule has 4 rings (SSSR count). The molecule has 31 heavy (non-hydrogen) atoms. The lowest BCUT2D eigenvalue weighted by Gasteiger charge is -2.34. The molecule has 1 aliphatic heterocycles.